The van der Waals surface area contributed by atoms with Crippen LogP contribution in [0.25, 0.3) is 0 Å². The van der Waals surface area contributed by atoms with Gasteiger partial charge >= 0.3 is 0 Å². The Morgan fingerprint density at radius 1 is 1.25 bits per heavy atom. The smallest absolute Gasteiger partial charge is 0.255 e. The van der Waals surface area contributed by atoms with E-state index in [0.717, 1.165) is 17.2 Å². The summed E-state index contributed by atoms with van der Waals surface area (Å²) < 4.78 is 0. The molecule has 2 bridgehead atoms. The van der Waals surface area contributed by atoms with E-state index in [0.29, 0.717) is 6.04 Å². The van der Waals surface area contributed by atoms with E-state index < -0.39 is 0 Å². The molecule has 4 heteroatoms. The number of anilines is 1. The van der Waals surface area contributed by atoms with E-state index in [4.69, 9.17) is 0 Å². The molecule has 20 heavy (non-hydrogen) atoms. The van der Waals surface area contributed by atoms with Crippen molar-refractivity contribution in [2.24, 2.45) is 5.92 Å². The number of hydrogen-bond donors (Lipinski definition) is 1. The molecule has 0 spiro atoms. The topological polar surface area (TPSA) is 35.6 Å². The Labute approximate surface area is 120 Å². The van der Waals surface area contributed by atoms with Crippen molar-refractivity contribution in [3.63, 3.8) is 0 Å². The molecule has 2 aliphatic rings. The number of benzene rings is 1. The maximum Gasteiger partial charge on any atom is 0.255 e. The maximum absolute atomic E-state index is 12.2. The summed E-state index contributed by atoms with van der Waals surface area (Å²) in [4.78, 5) is 16.4. The Kier molecular flexibility index (Phi) is 3.66. The number of hydrogen-bond acceptors (Lipinski definition) is 3. The van der Waals surface area contributed by atoms with Gasteiger partial charge in [0.15, 0.2) is 0 Å². The van der Waals surface area contributed by atoms with Gasteiger partial charge in [-0.25, -0.2) is 0 Å². The maximum atomic E-state index is 12.2. The monoisotopic (exact) mass is 273 g/mol. The third kappa shape index (κ3) is 2.52. The van der Waals surface area contributed by atoms with Crippen molar-refractivity contribution < 1.29 is 4.79 Å². The highest BCUT2D eigenvalue weighted by atomic mass is 16.2. The Morgan fingerprint density at radius 2 is 2.00 bits per heavy atom. The molecular weight excluding hydrogens is 250 g/mol. The first-order valence-corrected chi connectivity index (χ1v) is 7.44. The molecule has 1 aromatic carbocycles. The van der Waals surface area contributed by atoms with Crippen LogP contribution in [0.1, 0.15) is 23.2 Å². The van der Waals surface area contributed by atoms with Crippen molar-refractivity contribution in [1.29, 1.82) is 0 Å². The Bertz CT molecular complexity index is 500. The van der Waals surface area contributed by atoms with Crippen LogP contribution in [0.2, 0.25) is 0 Å². The van der Waals surface area contributed by atoms with Crippen molar-refractivity contribution in [1.82, 2.24) is 9.80 Å². The van der Waals surface area contributed by atoms with Crippen molar-refractivity contribution in [3.05, 3.63) is 29.8 Å². The summed E-state index contributed by atoms with van der Waals surface area (Å²) in [6.07, 6.45) is 2.45. The minimum Gasteiger partial charge on any atom is -0.381 e. The molecule has 4 nitrogen and oxygen atoms in total. The van der Waals surface area contributed by atoms with E-state index >= 15 is 0 Å². The summed E-state index contributed by atoms with van der Waals surface area (Å²) in [6.45, 7) is 3.63. The zero-order chi connectivity index (χ0) is 14.1. The molecule has 0 radical (unpaired) electrons. The number of para-hydroxylation sites is 1. The van der Waals surface area contributed by atoms with Crippen LogP contribution in [0, 0.1) is 5.92 Å². The molecule has 1 amide bonds. The first kappa shape index (κ1) is 13.4. The molecule has 0 saturated carbocycles. The van der Waals surface area contributed by atoms with Crippen LogP contribution in [-0.4, -0.2) is 55.5 Å². The summed E-state index contributed by atoms with van der Waals surface area (Å²) >= 11 is 0. The number of carbonyl (C=O) groups excluding carboxylic acids is 1. The van der Waals surface area contributed by atoms with Gasteiger partial charge in [0.1, 0.15) is 0 Å². The first-order valence-electron chi connectivity index (χ1n) is 7.44. The molecule has 2 heterocycles. The molecule has 3 atom stereocenters. The molecule has 2 aliphatic heterocycles. The van der Waals surface area contributed by atoms with Gasteiger partial charge in [-0.2, -0.15) is 0 Å². The van der Waals surface area contributed by atoms with Crippen LogP contribution in [0.3, 0.4) is 0 Å². The number of nitrogens with zero attached hydrogens (tertiary/aromatic N) is 2. The lowest BCUT2D eigenvalue weighted by Crippen LogP contribution is -2.40. The zero-order valence-corrected chi connectivity index (χ0v) is 12.3. The molecule has 1 N–H and O–H groups in total. The van der Waals surface area contributed by atoms with Gasteiger partial charge < -0.3 is 15.1 Å². The largest absolute Gasteiger partial charge is 0.381 e. The number of nitrogens with one attached hydrogen (secondary N) is 1. The van der Waals surface area contributed by atoms with Crippen LogP contribution in [-0.2, 0) is 0 Å². The number of carbonyl (C=O) groups is 1. The summed E-state index contributed by atoms with van der Waals surface area (Å²) in [5, 5.41) is 3.64. The standard InChI is InChI=1S/C16H23N3O/c1-18(2)16(20)13-5-3-4-6-15(13)17-14-8-10-19-9-7-12(14)11-19/h3-6,12,14,17H,7-11H2,1-2H3. The average Bonchev–Trinajstić information content (AvgIpc) is 2.84. The van der Waals surface area contributed by atoms with E-state index in [2.05, 4.69) is 10.2 Å². The highest BCUT2D eigenvalue weighted by Gasteiger charge is 2.34. The highest BCUT2D eigenvalue weighted by molar-refractivity contribution is 5.99. The van der Waals surface area contributed by atoms with Gasteiger partial charge in [-0.15, -0.1) is 0 Å². The first-order chi connectivity index (χ1) is 9.65. The van der Waals surface area contributed by atoms with Crippen LogP contribution in [0.5, 0.6) is 0 Å². The van der Waals surface area contributed by atoms with E-state index in [1.165, 1.54) is 32.5 Å². The van der Waals surface area contributed by atoms with Crippen LogP contribution < -0.4 is 5.32 Å². The van der Waals surface area contributed by atoms with Gasteiger partial charge in [0.25, 0.3) is 5.91 Å². The van der Waals surface area contributed by atoms with E-state index in [9.17, 15) is 4.79 Å². The second-order valence-corrected chi connectivity index (χ2v) is 6.13. The number of fused-ring (bicyclic) bond motifs is 2. The molecule has 2 fully saturated rings. The highest BCUT2D eigenvalue weighted by Crippen LogP contribution is 2.30. The van der Waals surface area contributed by atoms with Crippen LogP contribution in [0.4, 0.5) is 5.69 Å². The fourth-order valence-electron chi connectivity index (χ4n) is 3.38. The number of piperidine rings is 1. The second-order valence-electron chi connectivity index (χ2n) is 6.13. The second kappa shape index (κ2) is 5.44. The molecule has 2 saturated heterocycles. The Morgan fingerprint density at radius 3 is 2.80 bits per heavy atom. The summed E-state index contributed by atoms with van der Waals surface area (Å²) in [5.74, 6) is 0.795. The number of amides is 1. The van der Waals surface area contributed by atoms with Crippen molar-refractivity contribution in [2.75, 3.05) is 39.0 Å². The number of rotatable bonds is 3. The minimum atomic E-state index is 0.0666. The van der Waals surface area contributed by atoms with Crippen LogP contribution >= 0.6 is 0 Å². The lowest BCUT2D eigenvalue weighted by molar-refractivity contribution is 0.0828. The van der Waals surface area contributed by atoms with Crippen LogP contribution in [0.15, 0.2) is 24.3 Å². The van der Waals surface area contributed by atoms with Gasteiger partial charge in [-0.1, -0.05) is 12.1 Å². The predicted molar refractivity (Wildman–Crippen MR) is 81.0 cm³/mol. The third-order valence-electron chi connectivity index (χ3n) is 4.54. The molecule has 1 aromatic rings. The lowest BCUT2D eigenvalue weighted by atomic mass is 9.93. The van der Waals surface area contributed by atoms with Crippen molar-refractivity contribution >= 4 is 11.6 Å². The zero-order valence-electron chi connectivity index (χ0n) is 12.3. The van der Waals surface area contributed by atoms with Gasteiger partial charge in [-0.3, -0.25) is 4.79 Å². The Hall–Kier alpha value is -1.55. The summed E-state index contributed by atoms with van der Waals surface area (Å²) in [6, 6.07) is 8.37. The molecular formula is C16H23N3O. The molecule has 0 aromatic heterocycles. The van der Waals surface area contributed by atoms with E-state index in [1.807, 2.05) is 24.3 Å². The predicted octanol–water partition coefficient (Wildman–Crippen LogP) is 1.89. The van der Waals surface area contributed by atoms with E-state index in [1.54, 1.807) is 19.0 Å². The van der Waals surface area contributed by atoms with Crippen molar-refractivity contribution in [3.8, 4) is 0 Å². The van der Waals surface area contributed by atoms with E-state index in [-0.39, 0.29) is 5.91 Å². The van der Waals surface area contributed by atoms with Crippen molar-refractivity contribution in [2.45, 2.75) is 18.9 Å². The fraction of sp³-hybridized carbons (Fsp3) is 0.562. The van der Waals surface area contributed by atoms with Gasteiger partial charge in [0.05, 0.1) is 5.56 Å². The lowest BCUT2D eigenvalue weighted by Gasteiger charge is -2.32. The molecule has 108 valence electrons. The Balaban J connectivity index is 1.78. The molecule has 0 aliphatic carbocycles. The molecule has 3 rings (SSSR count). The minimum absolute atomic E-state index is 0.0666. The quantitative estimate of drug-likeness (QED) is 0.913. The summed E-state index contributed by atoms with van der Waals surface area (Å²) in [5.41, 5.74) is 1.76. The third-order valence-corrected chi connectivity index (χ3v) is 4.54. The van der Waals surface area contributed by atoms with Gasteiger partial charge in [-0.05, 0) is 37.4 Å². The SMILES string of the molecule is CN(C)C(=O)c1ccccc1NC1CCN2CCC1C2. The normalized spacial score (nSPS) is 28.2. The van der Waals surface area contributed by atoms with Gasteiger partial charge in [0.2, 0.25) is 0 Å². The summed E-state index contributed by atoms with van der Waals surface area (Å²) in [7, 11) is 3.60. The molecule has 3 unspecified atom stereocenters. The fourth-order valence-corrected chi connectivity index (χ4v) is 3.38. The van der Waals surface area contributed by atoms with Gasteiger partial charge in [0, 0.05) is 38.9 Å². The average molecular weight is 273 g/mol.